The molecule has 0 atom stereocenters. The lowest BCUT2D eigenvalue weighted by Gasteiger charge is -2.18. The number of hydrogen-bond acceptors (Lipinski definition) is 4. The monoisotopic (exact) mass is 402 g/mol. The maximum Gasteiger partial charge on any atom is 0.319 e. The van der Waals surface area contributed by atoms with Crippen molar-refractivity contribution in [3.8, 4) is 0 Å². The summed E-state index contributed by atoms with van der Waals surface area (Å²) < 4.78 is 26.1. The minimum atomic E-state index is -3.51. The van der Waals surface area contributed by atoms with Gasteiger partial charge in [-0.15, -0.1) is 0 Å². The van der Waals surface area contributed by atoms with Gasteiger partial charge in [-0.3, -0.25) is 4.79 Å². The topological polar surface area (TPSA) is 108 Å². The number of carbonyl (C=O) groups is 2. The number of sulfonamides is 1. The summed E-state index contributed by atoms with van der Waals surface area (Å²) in [6.07, 6.45) is 0.744. The molecule has 0 spiro atoms. The Bertz CT molecular complexity index is 977. The van der Waals surface area contributed by atoms with Crippen LogP contribution in [0.5, 0.6) is 0 Å². The Kier molecular flexibility index (Phi) is 5.96. The summed E-state index contributed by atoms with van der Waals surface area (Å²) in [6, 6.07) is 13.4. The van der Waals surface area contributed by atoms with Gasteiger partial charge in [-0.05, 0) is 49.4 Å². The van der Waals surface area contributed by atoms with Crippen molar-refractivity contribution in [3.63, 3.8) is 0 Å². The quantitative estimate of drug-likeness (QED) is 0.683. The molecule has 0 radical (unpaired) electrons. The van der Waals surface area contributed by atoms with Crippen LogP contribution in [-0.4, -0.2) is 40.5 Å². The van der Waals surface area contributed by atoms with Gasteiger partial charge < -0.3 is 15.5 Å². The van der Waals surface area contributed by atoms with E-state index in [9.17, 15) is 18.0 Å². The molecule has 3 amide bonds. The lowest BCUT2D eigenvalue weighted by atomic mass is 10.2. The van der Waals surface area contributed by atoms with Crippen molar-refractivity contribution in [3.05, 3.63) is 54.1 Å². The van der Waals surface area contributed by atoms with Gasteiger partial charge in [0.2, 0.25) is 15.9 Å². The molecule has 2 aromatic rings. The van der Waals surface area contributed by atoms with E-state index in [2.05, 4.69) is 15.4 Å². The number of urea groups is 1. The van der Waals surface area contributed by atoms with Gasteiger partial charge in [-0.2, -0.15) is 0 Å². The number of anilines is 2. The number of para-hydroxylation sites is 1. The van der Waals surface area contributed by atoms with Crippen LogP contribution in [0.4, 0.5) is 16.2 Å². The van der Waals surface area contributed by atoms with Crippen LogP contribution in [0.2, 0.25) is 0 Å². The summed E-state index contributed by atoms with van der Waals surface area (Å²) in [5, 5.41) is 5.35. The highest BCUT2D eigenvalue weighted by Gasteiger charge is 2.26. The van der Waals surface area contributed by atoms with Gasteiger partial charge in [0.25, 0.3) is 0 Å². The lowest BCUT2D eigenvalue weighted by Crippen LogP contribution is -2.35. The molecular formula is C19H22N4O4S. The third kappa shape index (κ3) is 4.49. The van der Waals surface area contributed by atoms with Crippen molar-refractivity contribution >= 4 is 33.3 Å². The number of amides is 3. The highest BCUT2D eigenvalue weighted by Crippen LogP contribution is 2.30. The van der Waals surface area contributed by atoms with Crippen molar-refractivity contribution in [1.82, 2.24) is 10.0 Å². The van der Waals surface area contributed by atoms with Crippen molar-refractivity contribution in [2.45, 2.75) is 17.7 Å². The van der Waals surface area contributed by atoms with Gasteiger partial charge in [0.1, 0.15) is 0 Å². The van der Waals surface area contributed by atoms with Gasteiger partial charge in [0, 0.05) is 30.9 Å². The number of benzene rings is 2. The second kappa shape index (κ2) is 8.41. The second-order valence-corrected chi connectivity index (χ2v) is 8.18. The Balaban J connectivity index is 1.55. The molecule has 3 rings (SSSR count). The van der Waals surface area contributed by atoms with E-state index >= 15 is 0 Å². The van der Waals surface area contributed by atoms with Gasteiger partial charge in [0.15, 0.2) is 0 Å². The van der Waals surface area contributed by atoms with Crippen LogP contribution < -0.4 is 20.3 Å². The Morgan fingerprint density at radius 2 is 1.86 bits per heavy atom. The highest BCUT2D eigenvalue weighted by atomic mass is 32.2. The maximum absolute atomic E-state index is 12.5. The van der Waals surface area contributed by atoms with Crippen LogP contribution in [0, 0.1) is 0 Å². The van der Waals surface area contributed by atoms with E-state index in [1.807, 2.05) is 18.2 Å². The molecule has 148 valence electrons. The van der Waals surface area contributed by atoms with E-state index in [1.54, 1.807) is 29.2 Å². The van der Waals surface area contributed by atoms with Gasteiger partial charge in [-0.25, -0.2) is 17.9 Å². The molecule has 8 nitrogen and oxygen atoms in total. The molecule has 0 bridgehead atoms. The number of carbonyl (C=O) groups excluding carboxylic acids is 2. The Hall–Kier alpha value is -2.91. The highest BCUT2D eigenvalue weighted by molar-refractivity contribution is 7.89. The van der Waals surface area contributed by atoms with Crippen LogP contribution in [0.3, 0.4) is 0 Å². The summed E-state index contributed by atoms with van der Waals surface area (Å²) >= 11 is 0. The van der Waals surface area contributed by atoms with Crippen LogP contribution in [0.25, 0.3) is 0 Å². The number of nitrogens with zero attached hydrogens (tertiary/aromatic N) is 1. The number of nitrogens with one attached hydrogen (secondary N) is 3. The molecule has 0 aliphatic carbocycles. The fraction of sp³-hybridized carbons (Fsp3) is 0.263. The molecular weight excluding hydrogens is 380 g/mol. The molecule has 0 saturated carbocycles. The molecule has 0 aromatic heterocycles. The van der Waals surface area contributed by atoms with E-state index in [0.717, 1.165) is 5.56 Å². The first-order chi connectivity index (χ1) is 13.4. The minimum Gasteiger partial charge on any atom is -0.337 e. The Morgan fingerprint density at radius 1 is 1.11 bits per heavy atom. The standard InChI is InChI=1S/C19H22N4O4S/c1-20-28(26,27)16-7-8-17-14(13-16)10-12-23(17)18(24)9-11-21-19(25)22-15-5-3-2-4-6-15/h2-8,13,20H,9-12H2,1H3,(H2,21,22,25). The zero-order valence-electron chi connectivity index (χ0n) is 15.4. The number of hydrogen-bond donors (Lipinski definition) is 3. The van der Waals surface area contributed by atoms with Crippen molar-refractivity contribution in [2.75, 3.05) is 30.4 Å². The first-order valence-corrected chi connectivity index (χ1v) is 10.4. The van der Waals surface area contributed by atoms with Crippen molar-refractivity contribution in [2.24, 2.45) is 0 Å². The van der Waals surface area contributed by atoms with Crippen LogP contribution in [0.15, 0.2) is 53.4 Å². The fourth-order valence-corrected chi connectivity index (χ4v) is 3.82. The zero-order chi connectivity index (χ0) is 20.1. The Labute approximate surface area is 164 Å². The van der Waals surface area contributed by atoms with Gasteiger partial charge in [0.05, 0.1) is 4.90 Å². The van der Waals surface area contributed by atoms with E-state index in [4.69, 9.17) is 0 Å². The second-order valence-electron chi connectivity index (χ2n) is 6.29. The SMILES string of the molecule is CNS(=O)(=O)c1ccc2c(c1)CCN2C(=O)CCNC(=O)Nc1ccccc1. The third-order valence-electron chi connectivity index (χ3n) is 4.48. The summed E-state index contributed by atoms with van der Waals surface area (Å²) in [7, 11) is -2.15. The zero-order valence-corrected chi connectivity index (χ0v) is 16.3. The molecule has 1 aliphatic rings. The largest absolute Gasteiger partial charge is 0.337 e. The molecule has 1 aliphatic heterocycles. The predicted molar refractivity (Wildman–Crippen MR) is 107 cm³/mol. The van der Waals surface area contributed by atoms with E-state index in [0.29, 0.717) is 24.3 Å². The molecule has 0 unspecified atom stereocenters. The van der Waals surface area contributed by atoms with E-state index < -0.39 is 10.0 Å². The van der Waals surface area contributed by atoms with E-state index in [-0.39, 0.29) is 29.8 Å². The summed E-state index contributed by atoms with van der Waals surface area (Å²) in [5.41, 5.74) is 2.21. The van der Waals surface area contributed by atoms with E-state index in [1.165, 1.54) is 13.1 Å². The average Bonchev–Trinajstić information content (AvgIpc) is 3.12. The maximum atomic E-state index is 12.5. The molecule has 1 heterocycles. The summed E-state index contributed by atoms with van der Waals surface area (Å²) in [5.74, 6) is -0.122. The normalized spacial score (nSPS) is 13.1. The molecule has 2 aromatic carbocycles. The fourth-order valence-electron chi connectivity index (χ4n) is 3.04. The van der Waals surface area contributed by atoms with Gasteiger partial charge in [-0.1, -0.05) is 18.2 Å². The molecule has 0 saturated heterocycles. The van der Waals surface area contributed by atoms with Gasteiger partial charge >= 0.3 is 6.03 Å². The molecule has 3 N–H and O–H groups in total. The number of fused-ring (bicyclic) bond motifs is 1. The van der Waals surface area contributed by atoms with Crippen molar-refractivity contribution in [1.29, 1.82) is 0 Å². The minimum absolute atomic E-state index is 0.122. The Morgan fingerprint density at radius 3 is 2.57 bits per heavy atom. The van der Waals surface area contributed by atoms with Crippen LogP contribution >= 0.6 is 0 Å². The third-order valence-corrected chi connectivity index (χ3v) is 5.89. The first kappa shape index (κ1) is 19.8. The number of rotatable bonds is 6. The first-order valence-electron chi connectivity index (χ1n) is 8.87. The van der Waals surface area contributed by atoms with Crippen molar-refractivity contribution < 1.29 is 18.0 Å². The summed E-state index contributed by atoms with van der Waals surface area (Å²) in [6.45, 7) is 0.697. The molecule has 9 heteroatoms. The average molecular weight is 402 g/mol. The molecule has 0 fully saturated rings. The molecule has 28 heavy (non-hydrogen) atoms. The van der Waals surface area contributed by atoms with Crippen LogP contribution in [-0.2, 0) is 21.2 Å². The smallest absolute Gasteiger partial charge is 0.319 e. The van der Waals surface area contributed by atoms with Crippen LogP contribution in [0.1, 0.15) is 12.0 Å². The predicted octanol–water partition coefficient (Wildman–Crippen LogP) is 1.70. The summed E-state index contributed by atoms with van der Waals surface area (Å²) in [4.78, 5) is 26.2. The lowest BCUT2D eigenvalue weighted by molar-refractivity contribution is -0.118.